The molecule has 0 aliphatic carbocycles. The van der Waals surface area contributed by atoms with Gasteiger partial charge in [0.25, 0.3) is 11.7 Å². The number of aliphatic carboxylic acids is 1. The predicted octanol–water partition coefficient (Wildman–Crippen LogP) is 4.27. The van der Waals surface area contributed by atoms with Gasteiger partial charge in [-0.3, -0.25) is 14.4 Å². The summed E-state index contributed by atoms with van der Waals surface area (Å²) in [5.41, 5.74) is -0.247. The average Bonchev–Trinajstić information content (AvgIpc) is 3.37. The zero-order valence-electron chi connectivity index (χ0n) is 30.8. The van der Waals surface area contributed by atoms with Crippen LogP contribution in [-0.2, 0) is 28.6 Å². The summed E-state index contributed by atoms with van der Waals surface area (Å²) in [6.45, 7) is 9.67. The Labute approximate surface area is 306 Å². The van der Waals surface area contributed by atoms with Crippen molar-refractivity contribution in [2.75, 3.05) is 19.0 Å². The standard InChI is InChI=1S/C38H47NO14/c1-17-10-9-11-18(2)37(48)39-24-15-26(50-16-27(41)42)28-29(34(24)46)33(45)21(5)35-30(28)36(47)38(7,53-35)51-13-12-23(49-8)14-25(52-22(6)40)19(3)32(44)20(4)31(17)43/h9-13,15,17,19-20,23,25,31-32,43-46H,14,16H2,1-8H3,(H,39,48)(H,41,42)/b10-9+,13-12+,18-11-/t17?,19-,20+,23-,25?,31-,32-,38-/m0/s1. The molecular formula is C38H47NO14. The van der Waals surface area contributed by atoms with Gasteiger partial charge in [0.1, 0.15) is 23.4 Å². The lowest BCUT2D eigenvalue weighted by Crippen LogP contribution is -2.43. The molecule has 5 bridgehead atoms. The maximum Gasteiger partial charge on any atom is 0.341 e. The van der Waals surface area contributed by atoms with E-state index in [9.17, 15) is 44.7 Å². The molecule has 15 heteroatoms. The van der Waals surface area contributed by atoms with Crippen molar-refractivity contribution in [2.45, 2.75) is 85.1 Å². The molecule has 2 aromatic rings. The van der Waals surface area contributed by atoms with Crippen molar-refractivity contribution in [3.8, 4) is 23.0 Å². The van der Waals surface area contributed by atoms with Gasteiger partial charge in [-0.05, 0) is 19.9 Å². The topological polar surface area (TPSA) is 228 Å². The Kier molecular flexibility index (Phi) is 12.5. The summed E-state index contributed by atoms with van der Waals surface area (Å²) < 4.78 is 28.6. The molecule has 0 aromatic heterocycles. The second-order valence-electron chi connectivity index (χ2n) is 13.6. The van der Waals surface area contributed by atoms with Gasteiger partial charge in [0.2, 0.25) is 0 Å². The third kappa shape index (κ3) is 8.42. The summed E-state index contributed by atoms with van der Waals surface area (Å²) >= 11 is 0. The zero-order valence-corrected chi connectivity index (χ0v) is 30.8. The van der Waals surface area contributed by atoms with Crippen LogP contribution in [0.15, 0.2) is 42.2 Å². The first-order chi connectivity index (χ1) is 24.8. The number of Topliss-reactive ketones (excluding diaryl/α,β-unsaturated/α-hetero) is 1. The monoisotopic (exact) mass is 741 g/mol. The lowest BCUT2D eigenvalue weighted by Gasteiger charge is -2.35. The van der Waals surface area contributed by atoms with E-state index in [2.05, 4.69) is 5.32 Å². The van der Waals surface area contributed by atoms with Crippen LogP contribution in [0.1, 0.15) is 63.9 Å². The fourth-order valence-electron chi connectivity index (χ4n) is 6.45. The van der Waals surface area contributed by atoms with Crippen LogP contribution in [0.25, 0.3) is 10.8 Å². The fourth-order valence-corrected chi connectivity index (χ4v) is 6.45. The number of anilines is 1. The van der Waals surface area contributed by atoms with E-state index < -0.39 is 89.7 Å². The highest BCUT2D eigenvalue weighted by atomic mass is 16.7. The van der Waals surface area contributed by atoms with Crippen LogP contribution in [0.4, 0.5) is 5.69 Å². The molecule has 2 unspecified atom stereocenters. The highest BCUT2D eigenvalue weighted by molar-refractivity contribution is 6.21. The lowest BCUT2D eigenvalue weighted by molar-refractivity contribution is -0.155. The lowest BCUT2D eigenvalue weighted by atomic mass is 9.81. The molecule has 0 fully saturated rings. The highest BCUT2D eigenvalue weighted by Gasteiger charge is 2.49. The summed E-state index contributed by atoms with van der Waals surface area (Å²) in [5.74, 6) is -8.88. The molecule has 53 heavy (non-hydrogen) atoms. The highest BCUT2D eigenvalue weighted by Crippen LogP contribution is 2.54. The van der Waals surface area contributed by atoms with Crippen LogP contribution in [-0.4, -0.2) is 93.1 Å². The minimum Gasteiger partial charge on any atom is -0.507 e. The van der Waals surface area contributed by atoms with E-state index in [-0.39, 0.29) is 51.1 Å². The summed E-state index contributed by atoms with van der Waals surface area (Å²) in [6.07, 6.45) is 3.48. The summed E-state index contributed by atoms with van der Waals surface area (Å²) in [7, 11) is 1.40. The number of aromatic hydroxyl groups is 2. The van der Waals surface area contributed by atoms with Crippen molar-refractivity contribution >= 4 is 40.1 Å². The number of aliphatic hydroxyl groups is 2. The number of rotatable bonds is 5. The van der Waals surface area contributed by atoms with Crippen LogP contribution in [0.5, 0.6) is 23.0 Å². The molecule has 0 saturated carbocycles. The fraction of sp³-hybridized carbons (Fsp3) is 0.474. The third-order valence-electron chi connectivity index (χ3n) is 9.74. The van der Waals surface area contributed by atoms with Crippen LogP contribution in [0.3, 0.4) is 0 Å². The number of phenols is 2. The largest absolute Gasteiger partial charge is 0.507 e. The summed E-state index contributed by atoms with van der Waals surface area (Å²) in [6, 6.07) is 1.13. The molecule has 5 rings (SSSR count). The number of hydrogen-bond donors (Lipinski definition) is 6. The molecule has 1 amide bonds. The molecule has 3 aliphatic rings. The smallest absolute Gasteiger partial charge is 0.341 e. The minimum absolute atomic E-state index is 0.0314. The van der Waals surface area contributed by atoms with Gasteiger partial charge in [-0.1, -0.05) is 39.0 Å². The van der Waals surface area contributed by atoms with Gasteiger partial charge in [-0.15, -0.1) is 0 Å². The number of nitrogens with one attached hydrogen (secondary N) is 1. The molecule has 8 atom stereocenters. The van der Waals surface area contributed by atoms with Gasteiger partial charge in [0.15, 0.2) is 12.4 Å². The van der Waals surface area contributed by atoms with E-state index in [0.29, 0.717) is 0 Å². The number of amides is 1. The number of aliphatic hydroxyl groups excluding tert-OH is 2. The second-order valence-corrected chi connectivity index (χ2v) is 13.6. The molecule has 6 N–H and O–H groups in total. The Hall–Kier alpha value is -5.12. The minimum atomic E-state index is -2.04. The summed E-state index contributed by atoms with van der Waals surface area (Å²) in [5, 5.41) is 56.7. The number of phenolic OH excluding ortho intramolecular Hbond substituents is 2. The molecule has 288 valence electrons. The first-order valence-electron chi connectivity index (χ1n) is 17.0. The number of carboxylic acids is 1. The van der Waals surface area contributed by atoms with E-state index in [1.165, 1.54) is 47.0 Å². The van der Waals surface area contributed by atoms with Gasteiger partial charge in [-0.25, -0.2) is 4.79 Å². The maximum atomic E-state index is 14.1. The summed E-state index contributed by atoms with van der Waals surface area (Å²) in [4.78, 5) is 51.1. The first-order valence-corrected chi connectivity index (χ1v) is 17.0. The van der Waals surface area contributed by atoms with Crippen LogP contribution in [0, 0.1) is 24.7 Å². The first kappa shape index (κ1) is 40.6. The van der Waals surface area contributed by atoms with E-state index in [0.717, 1.165) is 12.3 Å². The van der Waals surface area contributed by atoms with Crippen molar-refractivity contribution in [3.63, 3.8) is 0 Å². The molecule has 2 aromatic carbocycles. The van der Waals surface area contributed by atoms with Crippen molar-refractivity contribution in [1.82, 2.24) is 0 Å². The van der Waals surface area contributed by atoms with Crippen molar-refractivity contribution < 1.29 is 68.4 Å². The Morgan fingerprint density at radius 3 is 2.32 bits per heavy atom. The number of fused-ring (bicyclic) bond motifs is 14. The van der Waals surface area contributed by atoms with Crippen molar-refractivity contribution in [1.29, 1.82) is 0 Å². The van der Waals surface area contributed by atoms with E-state index >= 15 is 0 Å². The molecule has 0 saturated heterocycles. The second kappa shape index (κ2) is 16.3. The molecular weight excluding hydrogens is 694 g/mol. The van der Waals surface area contributed by atoms with Gasteiger partial charge in [-0.2, -0.15) is 0 Å². The number of methoxy groups -OCH3 is 1. The Morgan fingerprint density at radius 1 is 1.02 bits per heavy atom. The number of carbonyl (C=O) groups excluding carboxylic acids is 3. The van der Waals surface area contributed by atoms with E-state index in [4.69, 9.17) is 23.7 Å². The number of hydrogen-bond acceptors (Lipinski definition) is 13. The molecule has 0 spiro atoms. The number of benzene rings is 2. The number of esters is 1. The van der Waals surface area contributed by atoms with E-state index in [1.54, 1.807) is 32.9 Å². The molecule has 0 radical (unpaired) electrons. The van der Waals surface area contributed by atoms with Gasteiger partial charge in [0.05, 0.1) is 41.2 Å². The average molecular weight is 742 g/mol. The van der Waals surface area contributed by atoms with Gasteiger partial charge >= 0.3 is 17.7 Å². The van der Waals surface area contributed by atoms with Crippen molar-refractivity contribution in [2.24, 2.45) is 17.8 Å². The number of ether oxygens (including phenoxy) is 5. The number of allylic oxidation sites excluding steroid dienone is 2. The SMILES string of the molecule is CO[C@H]1/C=C/O[C@@]2(C)Oc3c(C)c(O)c4c(O)c(cc(OCC(=O)O)c4c3C2=O)NC(=O)/C(C)=C\C=C\C(C)[C@H](O)[C@@H](C)[C@@H](O)[C@@H](C)C(OC(C)=O)C1. The number of ketones is 1. The number of carboxylic acid groups (broad SMARTS) is 1. The Morgan fingerprint density at radius 2 is 1.70 bits per heavy atom. The van der Waals surface area contributed by atoms with Crippen LogP contribution in [0.2, 0.25) is 0 Å². The predicted molar refractivity (Wildman–Crippen MR) is 191 cm³/mol. The van der Waals surface area contributed by atoms with E-state index in [1.807, 2.05) is 0 Å². The molecule has 3 aliphatic heterocycles. The van der Waals surface area contributed by atoms with Crippen LogP contribution < -0.4 is 14.8 Å². The quantitative estimate of drug-likeness (QED) is 0.186. The Bertz CT molecular complexity index is 1860. The van der Waals surface area contributed by atoms with Gasteiger partial charge < -0.3 is 54.5 Å². The number of carbonyl (C=O) groups is 4. The third-order valence-corrected chi connectivity index (χ3v) is 9.74. The zero-order chi connectivity index (χ0) is 39.5. The van der Waals surface area contributed by atoms with Gasteiger partial charge in [0, 0.05) is 67.7 Å². The maximum absolute atomic E-state index is 14.1. The van der Waals surface area contributed by atoms with Crippen LogP contribution >= 0.6 is 0 Å². The Balaban J connectivity index is 1.91. The van der Waals surface area contributed by atoms with Crippen molar-refractivity contribution in [3.05, 3.63) is 53.3 Å². The molecule has 3 heterocycles. The normalized spacial score (nSPS) is 30.5. The molecule has 15 nitrogen and oxygen atoms in total.